The van der Waals surface area contributed by atoms with Crippen molar-refractivity contribution in [2.45, 2.75) is 58.5 Å². The summed E-state index contributed by atoms with van der Waals surface area (Å²) in [4.78, 5) is 33.3. The van der Waals surface area contributed by atoms with Gasteiger partial charge in [0.05, 0.1) is 18.9 Å². The molecule has 1 aliphatic heterocycles. The van der Waals surface area contributed by atoms with Crippen LogP contribution >= 0.6 is 0 Å². The molecule has 0 unspecified atom stereocenters. The van der Waals surface area contributed by atoms with Crippen LogP contribution in [-0.4, -0.2) is 59.2 Å². The van der Waals surface area contributed by atoms with Gasteiger partial charge in [0.15, 0.2) is 0 Å². The van der Waals surface area contributed by atoms with Gasteiger partial charge in [-0.25, -0.2) is 4.98 Å². The third kappa shape index (κ3) is 6.33. The van der Waals surface area contributed by atoms with Gasteiger partial charge in [-0.2, -0.15) is 0 Å². The number of nitrogens with zero attached hydrogens (tertiary/aromatic N) is 3. The normalized spacial score (nSPS) is 17.4. The number of ether oxygens (including phenoxy) is 2. The molecule has 5 rings (SSSR count). The molecule has 0 bridgehead atoms. The van der Waals surface area contributed by atoms with Crippen molar-refractivity contribution in [1.29, 1.82) is 0 Å². The van der Waals surface area contributed by atoms with Gasteiger partial charge < -0.3 is 14.4 Å². The Labute approximate surface area is 230 Å². The fourth-order valence-corrected chi connectivity index (χ4v) is 5.48. The number of carbonyl (C=O) groups excluding carboxylic acids is 2. The van der Waals surface area contributed by atoms with Crippen molar-refractivity contribution < 1.29 is 19.1 Å². The van der Waals surface area contributed by atoms with Crippen LogP contribution in [0.25, 0.3) is 16.9 Å². The molecule has 2 amide bonds. The van der Waals surface area contributed by atoms with Gasteiger partial charge in [0.25, 0.3) is 0 Å². The van der Waals surface area contributed by atoms with Gasteiger partial charge in [0.1, 0.15) is 12.3 Å². The lowest BCUT2D eigenvalue weighted by molar-refractivity contribution is -0.139. The SMILES string of the molecule is COc1ccc(-c2cn(-c3ccc(C)c(C)c3)c(NC(=O)CN(C[C@H]3CCCO3)C(=O)C3CCCC3)n2)cc1. The highest BCUT2D eigenvalue weighted by Crippen LogP contribution is 2.29. The summed E-state index contributed by atoms with van der Waals surface area (Å²) < 4.78 is 13.0. The lowest BCUT2D eigenvalue weighted by Crippen LogP contribution is -2.44. The van der Waals surface area contributed by atoms with E-state index in [2.05, 4.69) is 31.3 Å². The van der Waals surface area contributed by atoms with E-state index in [9.17, 15) is 9.59 Å². The standard InChI is InChI=1S/C31H38N4O4/c1-21-10-13-25(17-22(21)2)35-19-28(23-11-14-26(38-3)15-12-23)32-31(35)33-29(36)20-34(18-27-9-6-16-39-27)30(37)24-7-4-5-8-24/h10-15,17,19,24,27H,4-9,16,18,20H2,1-3H3,(H,32,33,36)/t27-/m1/s1. The van der Waals surface area contributed by atoms with Gasteiger partial charge >= 0.3 is 0 Å². The number of methoxy groups -OCH3 is 1. The van der Waals surface area contributed by atoms with Crippen LogP contribution in [0.4, 0.5) is 5.95 Å². The van der Waals surface area contributed by atoms with Gasteiger partial charge in [-0.15, -0.1) is 0 Å². The van der Waals surface area contributed by atoms with Crippen LogP contribution in [0.15, 0.2) is 48.7 Å². The summed E-state index contributed by atoms with van der Waals surface area (Å²) >= 11 is 0. The third-order valence-electron chi connectivity index (χ3n) is 7.91. The number of hydrogen-bond donors (Lipinski definition) is 1. The summed E-state index contributed by atoms with van der Waals surface area (Å²) in [5.41, 5.74) is 4.87. The Kier molecular flexibility index (Phi) is 8.31. The van der Waals surface area contributed by atoms with E-state index in [1.54, 1.807) is 12.0 Å². The second-order valence-electron chi connectivity index (χ2n) is 10.7. The lowest BCUT2D eigenvalue weighted by atomic mass is 10.1. The zero-order valence-corrected chi connectivity index (χ0v) is 23.1. The van der Waals surface area contributed by atoms with Gasteiger partial charge in [-0.3, -0.25) is 19.5 Å². The van der Waals surface area contributed by atoms with Gasteiger partial charge in [-0.1, -0.05) is 18.9 Å². The first-order valence-corrected chi connectivity index (χ1v) is 13.9. The maximum absolute atomic E-state index is 13.4. The lowest BCUT2D eigenvalue weighted by Gasteiger charge is -2.27. The number of benzene rings is 2. The number of aryl methyl sites for hydroxylation is 2. The van der Waals surface area contributed by atoms with E-state index in [-0.39, 0.29) is 30.4 Å². The quantitative estimate of drug-likeness (QED) is 0.406. The predicted molar refractivity (Wildman–Crippen MR) is 151 cm³/mol. The van der Waals surface area contributed by atoms with E-state index < -0.39 is 0 Å². The molecule has 1 aliphatic carbocycles. The minimum Gasteiger partial charge on any atom is -0.497 e. The second kappa shape index (κ2) is 12.0. The predicted octanol–water partition coefficient (Wildman–Crippen LogP) is 5.30. The molecule has 1 aromatic heterocycles. The average molecular weight is 531 g/mol. The molecule has 39 heavy (non-hydrogen) atoms. The number of carbonyl (C=O) groups is 2. The molecule has 1 atom stereocenters. The summed E-state index contributed by atoms with van der Waals surface area (Å²) in [6.45, 7) is 5.28. The van der Waals surface area contributed by atoms with Crippen LogP contribution in [0.3, 0.4) is 0 Å². The molecular weight excluding hydrogens is 492 g/mol. The molecule has 2 aliphatic rings. The molecule has 2 heterocycles. The van der Waals surface area contributed by atoms with Crippen LogP contribution in [0.2, 0.25) is 0 Å². The monoisotopic (exact) mass is 530 g/mol. The maximum Gasteiger partial charge on any atom is 0.246 e. The molecule has 0 radical (unpaired) electrons. The molecule has 206 valence electrons. The highest BCUT2D eigenvalue weighted by Gasteiger charge is 2.31. The maximum atomic E-state index is 13.4. The number of amides is 2. The van der Waals surface area contributed by atoms with E-state index in [0.29, 0.717) is 19.1 Å². The minimum absolute atomic E-state index is 0.00148. The van der Waals surface area contributed by atoms with E-state index in [0.717, 1.165) is 66.8 Å². The fourth-order valence-electron chi connectivity index (χ4n) is 5.48. The first-order valence-electron chi connectivity index (χ1n) is 13.9. The first kappa shape index (κ1) is 26.9. The molecule has 1 saturated heterocycles. The Morgan fingerprint density at radius 2 is 1.82 bits per heavy atom. The number of anilines is 1. The molecule has 1 saturated carbocycles. The Hall–Kier alpha value is -3.65. The summed E-state index contributed by atoms with van der Waals surface area (Å²) in [6.07, 6.45) is 7.74. The highest BCUT2D eigenvalue weighted by molar-refractivity contribution is 5.94. The molecule has 8 nitrogen and oxygen atoms in total. The summed E-state index contributed by atoms with van der Waals surface area (Å²) in [5.74, 6) is 0.975. The first-order chi connectivity index (χ1) is 18.9. The molecular formula is C31H38N4O4. The molecule has 8 heteroatoms. The number of rotatable bonds is 9. The largest absolute Gasteiger partial charge is 0.497 e. The summed E-state index contributed by atoms with van der Waals surface area (Å²) in [5, 5.41) is 3.01. The zero-order chi connectivity index (χ0) is 27.4. The molecule has 2 fully saturated rings. The van der Waals surface area contributed by atoms with Crippen molar-refractivity contribution in [3.63, 3.8) is 0 Å². The van der Waals surface area contributed by atoms with Crippen molar-refractivity contribution in [1.82, 2.24) is 14.5 Å². The summed E-state index contributed by atoms with van der Waals surface area (Å²) in [6, 6.07) is 13.8. The fraction of sp³-hybridized carbons (Fsp3) is 0.452. The van der Waals surface area contributed by atoms with Gasteiger partial charge in [0, 0.05) is 36.5 Å². The Balaban J connectivity index is 1.40. The number of aromatic nitrogens is 2. The van der Waals surface area contributed by atoms with Crippen LogP contribution in [0.1, 0.15) is 49.7 Å². The molecule has 1 N–H and O–H groups in total. The Morgan fingerprint density at radius 1 is 1.05 bits per heavy atom. The van der Waals surface area contributed by atoms with Gasteiger partial charge in [-0.05, 0) is 87.1 Å². The Bertz CT molecular complexity index is 1300. The number of hydrogen-bond acceptors (Lipinski definition) is 5. The number of imidazole rings is 1. The molecule has 3 aromatic rings. The van der Waals surface area contributed by atoms with Crippen LogP contribution < -0.4 is 10.1 Å². The van der Waals surface area contributed by atoms with Gasteiger partial charge in [0.2, 0.25) is 17.8 Å². The van der Waals surface area contributed by atoms with E-state index >= 15 is 0 Å². The zero-order valence-electron chi connectivity index (χ0n) is 23.1. The smallest absolute Gasteiger partial charge is 0.246 e. The van der Waals surface area contributed by atoms with E-state index in [1.807, 2.05) is 41.1 Å². The van der Waals surface area contributed by atoms with Crippen LogP contribution in [0, 0.1) is 19.8 Å². The molecule has 2 aromatic carbocycles. The van der Waals surface area contributed by atoms with Crippen molar-refractivity contribution in [2.75, 3.05) is 32.1 Å². The van der Waals surface area contributed by atoms with Crippen molar-refractivity contribution in [3.05, 3.63) is 59.8 Å². The Morgan fingerprint density at radius 3 is 2.49 bits per heavy atom. The highest BCUT2D eigenvalue weighted by atomic mass is 16.5. The van der Waals surface area contributed by atoms with Crippen LogP contribution in [-0.2, 0) is 14.3 Å². The van der Waals surface area contributed by atoms with E-state index in [1.165, 1.54) is 5.56 Å². The second-order valence-corrected chi connectivity index (χ2v) is 10.7. The van der Waals surface area contributed by atoms with Crippen molar-refractivity contribution >= 4 is 17.8 Å². The van der Waals surface area contributed by atoms with Crippen molar-refractivity contribution in [3.8, 4) is 22.7 Å². The van der Waals surface area contributed by atoms with Crippen LogP contribution in [0.5, 0.6) is 5.75 Å². The van der Waals surface area contributed by atoms with E-state index in [4.69, 9.17) is 14.5 Å². The summed E-state index contributed by atoms with van der Waals surface area (Å²) in [7, 11) is 1.64. The molecule has 0 spiro atoms. The number of nitrogens with one attached hydrogen (secondary N) is 1. The minimum atomic E-state index is -0.267. The third-order valence-corrected chi connectivity index (χ3v) is 7.91. The average Bonchev–Trinajstić information content (AvgIpc) is 3.72. The topological polar surface area (TPSA) is 85.7 Å². The van der Waals surface area contributed by atoms with Crippen molar-refractivity contribution in [2.24, 2.45) is 5.92 Å².